The largest absolute Gasteiger partial charge is 0.383 e. The molecule has 0 radical (unpaired) electrons. The zero-order valence-corrected chi connectivity index (χ0v) is 16.6. The molecule has 1 heterocycles. The molecule has 1 fully saturated rings. The Morgan fingerprint density at radius 2 is 1.83 bits per heavy atom. The first-order valence-corrected chi connectivity index (χ1v) is 9.67. The van der Waals surface area contributed by atoms with Crippen molar-refractivity contribution in [2.45, 2.75) is 12.8 Å². The molecule has 2 aromatic carbocycles. The van der Waals surface area contributed by atoms with Gasteiger partial charge in [-0.25, -0.2) is 13.6 Å². The van der Waals surface area contributed by atoms with Gasteiger partial charge >= 0.3 is 6.03 Å². The van der Waals surface area contributed by atoms with Crippen LogP contribution in [0, 0.1) is 11.6 Å². The van der Waals surface area contributed by atoms with Crippen molar-refractivity contribution in [3.8, 4) is 0 Å². The van der Waals surface area contributed by atoms with Crippen molar-refractivity contribution in [3.63, 3.8) is 0 Å². The van der Waals surface area contributed by atoms with Gasteiger partial charge in [0.25, 0.3) is 5.91 Å². The van der Waals surface area contributed by atoms with Crippen molar-refractivity contribution >= 4 is 29.0 Å². The molecule has 7 nitrogen and oxygen atoms in total. The highest BCUT2D eigenvalue weighted by Gasteiger charge is 2.20. The lowest BCUT2D eigenvalue weighted by molar-refractivity contribution is 0.0937. The van der Waals surface area contributed by atoms with Crippen molar-refractivity contribution in [3.05, 3.63) is 53.6 Å². The lowest BCUT2D eigenvalue weighted by atomic mass is 10.1. The number of nitrogens with one attached hydrogen (secondary N) is 3. The maximum absolute atomic E-state index is 13.7. The highest BCUT2D eigenvalue weighted by molar-refractivity contribution is 6.04. The van der Waals surface area contributed by atoms with E-state index in [2.05, 4.69) is 20.9 Å². The summed E-state index contributed by atoms with van der Waals surface area (Å²) in [6.07, 6.45) is 2.10. The third kappa shape index (κ3) is 5.44. The second kappa shape index (κ2) is 10.0. The van der Waals surface area contributed by atoms with Crippen molar-refractivity contribution in [2.75, 3.05) is 48.9 Å². The van der Waals surface area contributed by atoms with Crippen LogP contribution in [0.5, 0.6) is 0 Å². The standard InChI is InChI=1S/C21H24F2N4O3/c1-30-11-8-24-20(28)16-13-15(5-7-19(16)27-9-2-3-10-27)25-21(29)26-18-6-4-14(22)12-17(18)23/h4-7,12-13H,2-3,8-11H2,1H3,(H,24,28)(H2,25,26,29). The highest BCUT2D eigenvalue weighted by Crippen LogP contribution is 2.28. The molecule has 0 saturated carbocycles. The highest BCUT2D eigenvalue weighted by atomic mass is 19.1. The minimum Gasteiger partial charge on any atom is -0.383 e. The van der Waals surface area contributed by atoms with Crippen LogP contribution in [0.15, 0.2) is 36.4 Å². The molecule has 1 aliphatic heterocycles. The van der Waals surface area contributed by atoms with Gasteiger partial charge in [0.2, 0.25) is 0 Å². The predicted octanol–water partition coefficient (Wildman–Crippen LogP) is 3.59. The van der Waals surface area contributed by atoms with E-state index in [9.17, 15) is 18.4 Å². The fourth-order valence-corrected chi connectivity index (χ4v) is 3.27. The smallest absolute Gasteiger partial charge is 0.323 e. The third-order valence-corrected chi connectivity index (χ3v) is 4.72. The number of ether oxygens (including phenoxy) is 1. The topological polar surface area (TPSA) is 82.7 Å². The Bertz CT molecular complexity index is 917. The van der Waals surface area contributed by atoms with Gasteiger partial charge in [-0.3, -0.25) is 4.79 Å². The summed E-state index contributed by atoms with van der Waals surface area (Å²) in [5.41, 5.74) is 1.44. The average molecular weight is 418 g/mol. The average Bonchev–Trinajstić information content (AvgIpc) is 3.25. The van der Waals surface area contributed by atoms with Crippen molar-refractivity contribution in [1.82, 2.24) is 5.32 Å². The molecule has 1 aliphatic rings. The molecule has 3 amide bonds. The first kappa shape index (κ1) is 21.5. The second-order valence-corrected chi connectivity index (χ2v) is 6.88. The summed E-state index contributed by atoms with van der Waals surface area (Å²) in [4.78, 5) is 27.1. The molecule has 9 heteroatoms. The van der Waals surface area contributed by atoms with Crippen LogP contribution >= 0.6 is 0 Å². The van der Waals surface area contributed by atoms with Gasteiger partial charge < -0.3 is 25.6 Å². The number of carbonyl (C=O) groups excluding carboxylic acids is 2. The van der Waals surface area contributed by atoms with E-state index in [-0.39, 0.29) is 11.6 Å². The van der Waals surface area contributed by atoms with Crippen LogP contribution in [-0.2, 0) is 4.74 Å². The van der Waals surface area contributed by atoms with Crippen LogP contribution in [0.25, 0.3) is 0 Å². The van der Waals surface area contributed by atoms with E-state index in [1.54, 1.807) is 25.3 Å². The monoisotopic (exact) mass is 418 g/mol. The number of nitrogens with zero attached hydrogens (tertiary/aromatic N) is 1. The summed E-state index contributed by atoms with van der Waals surface area (Å²) < 4.78 is 31.7. The first-order valence-electron chi connectivity index (χ1n) is 9.67. The molecule has 0 unspecified atom stereocenters. The Kier molecular flexibility index (Phi) is 7.18. The molecule has 0 atom stereocenters. The normalized spacial score (nSPS) is 13.2. The molecule has 1 saturated heterocycles. The number of rotatable bonds is 7. The Morgan fingerprint density at radius 3 is 2.53 bits per heavy atom. The number of hydrogen-bond acceptors (Lipinski definition) is 4. The van der Waals surface area contributed by atoms with E-state index in [1.807, 2.05) is 0 Å². The molecule has 0 spiro atoms. The Morgan fingerprint density at radius 1 is 1.07 bits per heavy atom. The number of carbonyl (C=O) groups is 2. The number of amides is 3. The summed E-state index contributed by atoms with van der Waals surface area (Å²) in [7, 11) is 1.55. The van der Waals surface area contributed by atoms with Crippen LogP contribution in [-0.4, -0.2) is 45.3 Å². The number of methoxy groups -OCH3 is 1. The van der Waals surface area contributed by atoms with Gasteiger partial charge in [0, 0.05) is 44.2 Å². The van der Waals surface area contributed by atoms with Crippen LogP contribution < -0.4 is 20.9 Å². The fraction of sp³-hybridized carbons (Fsp3) is 0.333. The van der Waals surface area contributed by atoms with Crippen LogP contribution in [0.3, 0.4) is 0 Å². The second-order valence-electron chi connectivity index (χ2n) is 6.88. The molecule has 160 valence electrons. The van der Waals surface area contributed by atoms with Crippen molar-refractivity contribution < 1.29 is 23.1 Å². The van der Waals surface area contributed by atoms with E-state index >= 15 is 0 Å². The summed E-state index contributed by atoms with van der Waals surface area (Å²) in [6, 6.07) is 7.20. The summed E-state index contributed by atoms with van der Waals surface area (Å²) in [5, 5.41) is 7.70. The number of hydrogen-bond donors (Lipinski definition) is 3. The molecule has 0 aromatic heterocycles. The molecular weight excluding hydrogens is 394 g/mol. The van der Waals surface area contributed by atoms with Gasteiger partial charge in [-0.05, 0) is 43.2 Å². The maximum Gasteiger partial charge on any atom is 0.323 e. The van der Waals surface area contributed by atoms with Crippen LogP contribution in [0.1, 0.15) is 23.2 Å². The number of urea groups is 1. The van der Waals surface area contributed by atoms with Crippen LogP contribution in [0.2, 0.25) is 0 Å². The van der Waals surface area contributed by atoms with Gasteiger partial charge in [-0.2, -0.15) is 0 Å². The number of anilines is 3. The van der Waals surface area contributed by atoms with E-state index in [4.69, 9.17) is 4.74 Å². The summed E-state index contributed by atoms with van der Waals surface area (Å²) in [5.74, 6) is -1.89. The predicted molar refractivity (Wildman–Crippen MR) is 111 cm³/mol. The van der Waals surface area contributed by atoms with Crippen LogP contribution in [0.4, 0.5) is 30.6 Å². The Hall–Kier alpha value is -3.20. The molecule has 0 bridgehead atoms. The van der Waals surface area contributed by atoms with E-state index in [0.29, 0.717) is 30.5 Å². The van der Waals surface area contributed by atoms with Gasteiger partial charge in [-0.15, -0.1) is 0 Å². The van der Waals surface area contributed by atoms with E-state index in [1.165, 1.54) is 0 Å². The molecule has 3 rings (SSSR count). The molecule has 3 N–H and O–H groups in total. The molecule has 30 heavy (non-hydrogen) atoms. The van der Waals surface area contributed by atoms with Crippen molar-refractivity contribution in [2.24, 2.45) is 0 Å². The molecular formula is C21H24F2N4O3. The summed E-state index contributed by atoms with van der Waals surface area (Å²) in [6.45, 7) is 2.45. The molecule has 2 aromatic rings. The van der Waals surface area contributed by atoms with Gasteiger partial charge in [0.1, 0.15) is 11.6 Å². The SMILES string of the molecule is COCCNC(=O)c1cc(NC(=O)Nc2ccc(F)cc2F)ccc1N1CCCC1. The minimum absolute atomic E-state index is 0.153. The number of benzene rings is 2. The van der Waals surface area contributed by atoms with Gasteiger partial charge in [0.05, 0.1) is 17.9 Å². The Labute approximate surface area is 173 Å². The minimum atomic E-state index is -0.882. The zero-order chi connectivity index (χ0) is 21.5. The summed E-state index contributed by atoms with van der Waals surface area (Å²) >= 11 is 0. The van der Waals surface area contributed by atoms with Gasteiger partial charge in [0.15, 0.2) is 0 Å². The zero-order valence-electron chi connectivity index (χ0n) is 16.6. The quantitative estimate of drug-likeness (QED) is 0.600. The van der Waals surface area contributed by atoms with E-state index < -0.39 is 17.7 Å². The first-order chi connectivity index (χ1) is 14.5. The lowest BCUT2D eigenvalue weighted by Gasteiger charge is -2.22. The fourth-order valence-electron chi connectivity index (χ4n) is 3.27. The molecule has 0 aliphatic carbocycles. The van der Waals surface area contributed by atoms with E-state index in [0.717, 1.165) is 43.8 Å². The third-order valence-electron chi connectivity index (χ3n) is 4.72. The maximum atomic E-state index is 13.7. The van der Waals surface area contributed by atoms with Gasteiger partial charge in [-0.1, -0.05) is 0 Å². The number of halogens is 2. The lowest BCUT2D eigenvalue weighted by Crippen LogP contribution is -2.30. The Balaban J connectivity index is 1.76. The van der Waals surface area contributed by atoms with Crippen molar-refractivity contribution in [1.29, 1.82) is 0 Å².